The SMILES string of the molecule is Cc1nc(-c2cccc(Cl)c2)c(NC(=O)c2cnn3ccc(Cl)nc23)s1. The first-order valence-corrected chi connectivity index (χ1v) is 9.13. The van der Waals surface area contributed by atoms with E-state index < -0.39 is 0 Å². The number of thiazole rings is 1. The van der Waals surface area contributed by atoms with Crippen LogP contribution in [-0.4, -0.2) is 25.5 Å². The molecule has 0 atom stereocenters. The van der Waals surface area contributed by atoms with E-state index in [1.807, 2.05) is 25.1 Å². The summed E-state index contributed by atoms with van der Waals surface area (Å²) in [6.45, 7) is 1.88. The number of aryl methyl sites for hydroxylation is 1. The lowest BCUT2D eigenvalue weighted by molar-refractivity contribution is 0.102. The van der Waals surface area contributed by atoms with Gasteiger partial charge in [-0.05, 0) is 25.1 Å². The highest BCUT2D eigenvalue weighted by atomic mass is 35.5. The van der Waals surface area contributed by atoms with Gasteiger partial charge >= 0.3 is 0 Å². The van der Waals surface area contributed by atoms with E-state index in [2.05, 4.69) is 20.4 Å². The Morgan fingerprint density at radius 1 is 1.23 bits per heavy atom. The molecule has 26 heavy (non-hydrogen) atoms. The van der Waals surface area contributed by atoms with Gasteiger partial charge in [-0.2, -0.15) is 5.10 Å². The normalized spacial score (nSPS) is 11.0. The Balaban J connectivity index is 1.71. The minimum absolute atomic E-state index is 0.292. The number of halogens is 2. The summed E-state index contributed by atoms with van der Waals surface area (Å²) in [6.07, 6.45) is 3.11. The molecule has 0 aliphatic heterocycles. The fraction of sp³-hybridized carbons (Fsp3) is 0.0588. The van der Waals surface area contributed by atoms with Crippen LogP contribution in [0.2, 0.25) is 10.2 Å². The van der Waals surface area contributed by atoms with Crippen molar-refractivity contribution in [1.29, 1.82) is 0 Å². The van der Waals surface area contributed by atoms with Crippen molar-refractivity contribution in [3.8, 4) is 11.3 Å². The molecule has 1 N–H and O–H groups in total. The fourth-order valence-electron chi connectivity index (χ4n) is 2.52. The summed E-state index contributed by atoms with van der Waals surface area (Å²) >= 11 is 13.4. The zero-order chi connectivity index (χ0) is 18.3. The van der Waals surface area contributed by atoms with E-state index in [1.165, 1.54) is 22.0 Å². The number of carbonyl (C=O) groups is 1. The second kappa shape index (κ2) is 6.68. The van der Waals surface area contributed by atoms with E-state index in [4.69, 9.17) is 23.2 Å². The summed E-state index contributed by atoms with van der Waals surface area (Å²) in [5.74, 6) is -0.332. The van der Waals surface area contributed by atoms with Crippen LogP contribution < -0.4 is 5.32 Å². The number of nitrogens with zero attached hydrogens (tertiary/aromatic N) is 4. The first-order chi connectivity index (χ1) is 12.5. The molecule has 9 heteroatoms. The molecule has 0 spiro atoms. The summed E-state index contributed by atoms with van der Waals surface area (Å²) in [5, 5.41) is 9.39. The standard InChI is InChI=1S/C17H11Cl2N5OS/c1-9-21-14(10-3-2-4-11(18)7-10)17(26-9)23-16(25)12-8-20-24-6-5-13(19)22-15(12)24/h2-8H,1H3,(H,23,25). The van der Waals surface area contributed by atoms with Gasteiger partial charge in [-0.15, -0.1) is 11.3 Å². The Hall–Kier alpha value is -2.48. The van der Waals surface area contributed by atoms with Gasteiger partial charge in [0, 0.05) is 16.8 Å². The van der Waals surface area contributed by atoms with Crippen LogP contribution in [0, 0.1) is 6.92 Å². The van der Waals surface area contributed by atoms with Crippen molar-refractivity contribution < 1.29 is 4.79 Å². The number of aromatic nitrogens is 4. The predicted molar refractivity (Wildman–Crippen MR) is 103 cm³/mol. The lowest BCUT2D eigenvalue weighted by Crippen LogP contribution is -2.11. The van der Waals surface area contributed by atoms with Gasteiger partial charge in [0.15, 0.2) is 5.65 Å². The third kappa shape index (κ3) is 3.16. The number of benzene rings is 1. The molecule has 0 bridgehead atoms. The Bertz CT molecular complexity index is 1140. The van der Waals surface area contributed by atoms with Crippen molar-refractivity contribution in [2.24, 2.45) is 0 Å². The molecule has 4 aromatic rings. The number of hydrogen-bond donors (Lipinski definition) is 1. The number of rotatable bonds is 3. The molecule has 130 valence electrons. The van der Waals surface area contributed by atoms with Gasteiger partial charge in [0.25, 0.3) is 5.91 Å². The number of carbonyl (C=O) groups excluding carboxylic acids is 1. The van der Waals surface area contributed by atoms with E-state index >= 15 is 0 Å². The summed E-state index contributed by atoms with van der Waals surface area (Å²) in [6, 6.07) is 8.94. The minimum atomic E-state index is -0.332. The van der Waals surface area contributed by atoms with Gasteiger partial charge in [-0.3, -0.25) is 4.79 Å². The zero-order valence-corrected chi connectivity index (χ0v) is 15.7. The molecule has 4 rings (SSSR count). The quantitative estimate of drug-likeness (QED) is 0.502. The smallest absolute Gasteiger partial charge is 0.261 e. The first kappa shape index (κ1) is 17.0. The highest BCUT2D eigenvalue weighted by Gasteiger charge is 2.19. The molecule has 3 aromatic heterocycles. The lowest BCUT2D eigenvalue weighted by Gasteiger charge is -2.05. The molecule has 0 unspecified atom stereocenters. The molecule has 0 saturated carbocycles. The van der Waals surface area contributed by atoms with Gasteiger partial charge in [0.1, 0.15) is 21.4 Å². The molecule has 0 radical (unpaired) electrons. The van der Waals surface area contributed by atoms with E-state index in [0.717, 1.165) is 10.6 Å². The van der Waals surface area contributed by atoms with E-state index in [9.17, 15) is 4.79 Å². The van der Waals surface area contributed by atoms with Gasteiger partial charge in [0.2, 0.25) is 0 Å². The van der Waals surface area contributed by atoms with Crippen molar-refractivity contribution in [1.82, 2.24) is 19.6 Å². The van der Waals surface area contributed by atoms with Crippen LogP contribution in [-0.2, 0) is 0 Å². The summed E-state index contributed by atoms with van der Waals surface area (Å²) in [7, 11) is 0. The topological polar surface area (TPSA) is 72.2 Å². The lowest BCUT2D eigenvalue weighted by atomic mass is 10.1. The van der Waals surface area contributed by atoms with E-state index in [0.29, 0.717) is 32.1 Å². The van der Waals surface area contributed by atoms with E-state index in [1.54, 1.807) is 18.3 Å². The van der Waals surface area contributed by atoms with Crippen molar-refractivity contribution >= 4 is 51.1 Å². The van der Waals surface area contributed by atoms with Crippen LogP contribution in [0.3, 0.4) is 0 Å². The average molecular weight is 404 g/mol. The number of hydrogen-bond acceptors (Lipinski definition) is 5. The number of nitrogens with one attached hydrogen (secondary N) is 1. The van der Waals surface area contributed by atoms with Gasteiger partial charge in [-0.25, -0.2) is 14.5 Å². The summed E-state index contributed by atoms with van der Waals surface area (Å²) in [4.78, 5) is 21.5. The van der Waals surface area contributed by atoms with Gasteiger partial charge < -0.3 is 5.32 Å². The Morgan fingerprint density at radius 3 is 2.88 bits per heavy atom. The van der Waals surface area contributed by atoms with Gasteiger partial charge in [0.05, 0.1) is 11.2 Å². The third-order valence-corrected chi connectivity index (χ3v) is 4.97. The molecule has 0 aliphatic rings. The van der Waals surface area contributed by atoms with Crippen LogP contribution in [0.15, 0.2) is 42.7 Å². The Kier molecular flexibility index (Phi) is 4.36. The second-order valence-electron chi connectivity index (χ2n) is 5.45. The zero-order valence-electron chi connectivity index (χ0n) is 13.4. The second-order valence-corrected chi connectivity index (χ2v) is 7.48. The van der Waals surface area contributed by atoms with Crippen molar-refractivity contribution in [3.05, 3.63) is 63.5 Å². The Morgan fingerprint density at radius 2 is 2.08 bits per heavy atom. The molecule has 6 nitrogen and oxygen atoms in total. The first-order valence-electron chi connectivity index (χ1n) is 7.56. The maximum Gasteiger partial charge on any atom is 0.261 e. The van der Waals surface area contributed by atoms with Crippen molar-refractivity contribution in [2.75, 3.05) is 5.32 Å². The largest absolute Gasteiger partial charge is 0.312 e. The van der Waals surface area contributed by atoms with Crippen LogP contribution >= 0.6 is 34.5 Å². The van der Waals surface area contributed by atoms with Crippen molar-refractivity contribution in [2.45, 2.75) is 6.92 Å². The average Bonchev–Trinajstić information content (AvgIpc) is 3.17. The van der Waals surface area contributed by atoms with Gasteiger partial charge in [-0.1, -0.05) is 35.3 Å². The maximum absolute atomic E-state index is 12.8. The summed E-state index contributed by atoms with van der Waals surface area (Å²) < 4.78 is 1.50. The summed E-state index contributed by atoms with van der Waals surface area (Å²) in [5.41, 5.74) is 2.22. The van der Waals surface area contributed by atoms with Crippen molar-refractivity contribution in [3.63, 3.8) is 0 Å². The maximum atomic E-state index is 12.8. The molecule has 0 aliphatic carbocycles. The fourth-order valence-corrected chi connectivity index (χ4v) is 3.68. The molecule has 1 amide bonds. The molecule has 0 fully saturated rings. The number of amides is 1. The minimum Gasteiger partial charge on any atom is -0.312 e. The molecule has 0 saturated heterocycles. The number of anilines is 1. The van der Waals surface area contributed by atoms with Crippen LogP contribution in [0.4, 0.5) is 5.00 Å². The monoisotopic (exact) mass is 403 g/mol. The highest BCUT2D eigenvalue weighted by Crippen LogP contribution is 2.34. The van der Waals surface area contributed by atoms with Crippen LogP contribution in [0.1, 0.15) is 15.4 Å². The van der Waals surface area contributed by atoms with E-state index in [-0.39, 0.29) is 5.91 Å². The molecular formula is C17H11Cl2N5OS. The number of fused-ring (bicyclic) bond motifs is 1. The third-order valence-electron chi connectivity index (χ3n) is 3.64. The predicted octanol–water partition coefficient (Wildman–Crippen LogP) is 4.72. The Labute approximate surface area is 162 Å². The molecular weight excluding hydrogens is 393 g/mol. The van der Waals surface area contributed by atoms with Crippen LogP contribution in [0.5, 0.6) is 0 Å². The molecule has 3 heterocycles. The van der Waals surface area contributed by atoms with Crippen LogP contribution in [0.25, 0.3) is 16.9 Å². The highest BCUT2D eigenvalue weighted by molar-refractivity contribution is 7.16. The molecule has 1 aromatic carbocycles.